The Kier molecular flexibility index (Phi) is 40.8. The van der Waals surface area contributed by atoms with Crippen LogP contribution in [0.3, 0.4) is 0 Å². The Balaban J connectivity index is 4.16. The monoisotopic (exact) mass is 775 g/mol. The van der Waals surface area contributed by atoms with E-state index in [1.165, 1.54) is 116 Å². The molecule has 0 spiro atoms. The van der Waals surface area contributed by atoms with E-state index in [-0.39, 0.29) is 18.7 Å². The summed E-state index contributed by atoms with van der Waals surface area (Å²) < 4.78 is 30.3. The maximum Gasteiger partial charge on any atom is 0.405 e. The summed E-state index contributed by atoms with van der Waals surface area (Å²) in [4.78, 5) is 15.1. The van der Waals surface area contributed by atoms with Crippen molar-refractivity contribution in [3.8, 4) is 0 Å². The van der Waals surface area contributed by atoms with E-state index in [0.29, 0.717) is 32.7 Å². The first-order valence-electron chi connectivity index (χ1n) is 23.1. The number of ether oxygens (including phenoxy) is 1. The van der Waals surface area contributed by atoms with Crippen molar-refractivity contribution < 1.29 is 28.3 Å². The Labute approximate surface area is 330 Å². The maximum absolute atomic E-state index is 13.1. The van der Waals surface area contributed by atoms with E-state index in [1.54, 1.807) is 0 Å². The van der Waals surface area contributed by atoms with Crippen LogP contribution in [0.15, 0.2) is 0 Å². The minimum atomic E-state index is -3.24. The number of rotatable bonds is 44. The van der Waals surface area contributed by atoms with Crippen molar-refractivity contribution in [2.24, 2.45) is 0 Å². The predicted octanol–water partition coefficient (Wildman–Crippen LogP) is 13.1. The molecular formula is C44H91N2O6P. The molecule has 8 nitrogen and oxygen atoms in total. The first kappa shape index (κ1) is 52.5. The number of carbonyl (C=O) groups excluding carboxylic acids is 1. The number of carbonyl (C=O) groups is 1. The Morgan fingerprint density at radius 2 is 1.02 bits per heavy atom. The zero-order valence-corrected chi connectivity index (χ0v) is 36.7. The van der Waals surface area contributed by atoms with Crippen LogP contribution < -0.4 is 5.09 Å². The number of nitrogens with one attached hydrogen (secondary N) is 1. The molecule has 0 aliphatic rings. The zero-order chi connectivity index (χ0) is 38.9. The lowest BCUT2D eigenvalue weighted by atomic mass is 10.0. The highest BCUT2D eigenvalue weighted by Gasteiger charge is 2.23. The lowest BCUT2D eigenvalue weighted by Crippen LogP contribution is -2.29. The number of aliphatic hydroxyl groups is 1. The largest absolute Gasteiger partial charge is 0.462 e. The van der Waals surface area contributed by atoms with Gasteiger partial charge in [-0.15, -0.1) is 0 Å². The Hall–Kier alpha value is -0.500. The van der Waals surface area contributed by atoms with Crippen LogP contribution in [0.1, 0.15) is 227 Å². The van der Waals surface area contributed by atoms with Crippen LogP contribution in [0, 0.1) is 0 Å². The molecule has 0 aliphatic heterocycles. The van der Waals surface area contributed by atoms with E-state index in [9.17, 15) is 14.5 Å². The molecule has 0 aromatic heterocycles. The minimum Gasteiger partial charge on any atom is -0.462 e. The summed E-state index contributed by atoms with van der Waals surface area (Å²) in [6, 6.07) is 0. The average Bonchev–Trinajstić information content (AvgIpc) is 3.14. The highest BCUT2D eigenvalue weighted by atomic mass is 31.2. The second kappa shape index (κ2) is 41.1. The molecule has 0 aromatic rings. The van der Waals surface area contributed by atoms with Gasteiger partial charge in [-0.1, -0.05) is 156 Å². The van der Waals surface area contributed by atoms with Crippen LogP contribution >= 0.6 is 7.75 Å². The molecule has 9 heteroatoms. The third-order valence-electron chi connectivity index (χ3n) is 10.3. The van der Waals surface area contributed by atoms with Gasteiger partial charge in [0.25, 0.3) is 0 Å². The van der Waals surface area contributed by atoms with Crippen molar-refractivity contribution in [3.05, 3.63) is 0 Å². The van der Waals surface area contributed by atoms with E-state index in [1.807, 2.05) is 6.92 Å². The number of hydrogen-bond donors (Lipinski definition) is 2. The molecule has 0 amide bonds. The lowest BCUT2D eigenvalue weighted by Gasteiger charge is -2.21. The summed E-state index contributed by atoms with van der Waals surface area (Å²) in [7, 11) is -3.24. The quantitative estimate of drug-likeness (QED) is 0.0359. The van der Waals surface area contributed by atoms with Crippen LogP contribution in [-0.2, 0) is 23.1 Å². The second-order valence-electron chi connectivity index (χ2n) is 15.5. The fourth-order valence-electron chi connectivity index (χ4n) is 7.00. The average molecular weight is 775 g/mol. The van der Waals surface area contributed by atoms with Gasteiger partial charge in [0.1, 0.15) is 6.10 Å². The number of aliphatic hydroxyl groups excluding tert-OH is 1. The van der Waals surface area contributed by atoms with Gasteiger partial charge in [-0.2, -0.15) is 0 Å². The van der Waals surface area contributed by atoms with Crippen LogP contribution in [-0.4, -0.2) is 68.1 Å². The molecule has 0 aromatic carbocycles. The van der Waals surface area contributed by atoms with E-state index in [0.717, 1.165) is 90.1 Å². The molecule has 0 radical (unpaired) electrons. The van der Waals surface area contributed by atoms with Gasteiger partial charge in [0.2, 0.25) is 0 Å². The van der Waals surface area contributed by atoms with Gasteiger partial charge in [0.05, 0.1) is 19.8 Å². The molecule has 0 saturated heterocycles. The molecule has 318 valence electrons. The van der Waals surface area contributed by atoms with E-state index in [4.69, 9.17) is 13.8 Å². The number of hydrogen-bond acceptors (Lipinski definition) is 7. The molecule has 0 saturated carbocycles. The highest BCUT2D eigenvalue weighted by molar-refractivity contribution is 7.51. The third kappa shape index (κ3) is 36.9. The fourth-order valence-corrected chi connectivity index (χ4v) is 8.39. The summed E-state index contributed by atoms with van der Waals surface area (Å²) in [5, 5.41) is 12.7. The van der Waals surface area contributed by atoms with Crippen LogP contribution in [0.2, 0.25) is 0 Å². The van der Waals surface area contributed by atoms with E-state index < -0.39 is 7.75 Å². The summed E-state index contributed by atoms with van der Waals surface area (Å²) in [6.07, 6.45) is 36.1. The molecule has 1 unspecified atom stereocenters. The summed E-state index contributed by atoms with van der Waals surface area (Å²) >= 11 is 0. The first-order valence-corrected chi connectivity index (χ1v) is 24.7. The standard InChI is InChI=1S/C44H91N2O6P/c1-5-9-12-15-18-19-25-33-42-51-53(49,50-8-4)45-37-30-26-32-39-46(40-41-47)38-31-24-20-23-29-36-44(48)52-43(34-27-21-16-13-10-6-2)35-28-22-17-14-11-7-3/h43,47H,5-42H2,1-4H3,(H,45,49). The Bertz CT molecular complexity index is 788. The number of nitrogens with zero attached hydrogens (tertiary/aromatic N) is 1. The number of esters is 1. The molecule has 53 heavy (non-hydrogen) atoms. The van der Waals surface area contributed by atoms with Crippen molar-refractivity contribution in [1.82, 2.24) is 9.99 Å². The molecule has 0 heterocycles. The van der Waals surface area contributed by atoms with E-state index >= 15 is 0 Å². The zero-order valence-electron chi connectivity index (χ0n) is 35.8. The molecule has 0 rings (SSSR count). The SMILES string of the molecule is CCCCCCCCCCOP(=O)(NCCCCCN(CCO)CCCCCCCC(=O)OC(CCCCCCCC)CCCCCCCC)OCC. The Morgan fingerprint density at radius 3 is 1.53 bits per heavy atom. The van der Waals surface area contributed by atoms with Crippen molar-refractivity contribution in [2.75, 3.05) is 46.0 Å². The Morgan fingerprint density at radius 1 is 0.566 bits per heavy atom. The van der Waals surface area contributed by atoms with Gasteiger partial charge in [-0.3, -0.25) is 13.8 Å². The first-order chi connectivity index (χ1) is 25.9. The molecule has 0 bridgehead atoms. The maximum atomic E-state index is 13.1. The van der Waals surface area contributed by atoms with Gasteiger partial charge in [0, 0.05) is 19.5 Å². The normalized spacial score (nSPS) is 13.0. The third-order valence-corrected chi connectivity index (χ3v) is 12.1. The number of unbranched alkanes of at least 4 members (excludes halogenated alkanes) is 23. The molecule has 1 atom stereocenters. The van der Waals surface area contributed by atoms with Gasteiger partial charge >= 0.3 is 13.7 Å². The smallest absolute Gasteiger partial charge is 0.405 e. The predicted molar refractivity (Wildman–Crippen MR) is 227 cm³/mol. The van der Waals surface area contributed by atoms with Crippen LogP contribution in [0.5, 0.6) is 0 Å². The second-order valence-corrected chi connectivity index (χ2v) is 17.3. The van der Waals surface area contributed by atoms with Gasteiger partial charge in [0.15, 0.2) is 0 Å². The van der Waals surface area contributed by atoms with Crippen molar-refractivity contribution in [1.29, 1.82) is 0 Å². The van der Waals surface area contributed by atoms with Gasteiger partial charge < -0.3 is 14.7 Å². The van der Waals surface area contributed by atoms with Crippen LogP contribution in [0.4, 0.5) is 0 Å². The molecule has 2 N–H and O–H groups in total. The minimum absolute atomic E-state index is 0.00308. The van der Waals surface area contributed by atoms with Gasteiger partial charge in [-0.05, 0) is 77.8 Å². The lowest BCUT2D eigenvalue weighted by molar-refractivity contribution is -0.150. The van der Waals surface area contributed by atoms with E-state index in [2.05, 4.69) is 30.8 Å². The molecular weight excluding hydrogens is 683 g/mol. The summed E-state index contributed by atoms with van der Waals surface area (Å²) in [5.74, 6) is 0.00308. The van der Waals surface area contributed by atoms with Gasteiger partial charge in [-0.25, -0.2) is 9.65 Å². The topological polar surface area (TPSA) is 97.3 Å². The molecule has 0 fully saturated rings. The fraction of sp³-hybridized carbons (Fsp3) is 0.977. The van der Waals surface area contributed by atoms with Crippen LogP contribution in [0.25, 0.3) is 0 Å². The van der Waals surface area contributed by atoms with Crippen molar-refractivity contribution >= 4 is 13.7 Å². The van der Waals surface area contributed by atoms with Crippen molar-refractivity contribution in [2.45, 2.75) is 233 Å². The summed E-state index contributed by atoms with van der Waals surface area (Å²) in [5.41, 5.74) is 0. The highest BCUT2D eigenvalue weighted by Crippen LogP contribution is 2.43. The summed E-state index contributed by atoms with van der Waals surface area (Å²) in [6.45, 7) is 12.9. The van der Waals surface area contributed by atoms with Crippen molar-refractivity contribution in [3.63, 3.8) is 0 Å². The molecule has 0 aliphatic carbocycles.